The topological polar surface area (TPSA) is 69.1 Å². The zero-order valence-corrected chi connectivity index (χ0v) is 7.55. The van der Waals surface area contributed by atoms with E-state index in [1.54, 1.807) is 0 Å². The van der Waals surface area contributed by atoms with E-state index in [9.17, 15) is 4.79 Å². The Balaban J connectivity index is 4.22. The lowest BCUT2D eigenvalue weighted by molar-refractivity contribution is -0.123. The maximum absolute atomic E-state index is 10.9. The van der Waals surface area contributed by atoms with Gasteiger partial charge in [-0.1, -0.05) is 20.8 Å². The highest BCUT2D eigenvalue weighted by Gasteiger charge is 2.30. The van der Waals surface area contributed by atoms with Crippen LogP contribution in [0.4, 0.5) is 0 Å². The maximum Gasteiger partial charge on any atom is 0.237 e. The Hall–Kier alpha value is -0.570. The molecule has 1 amide bonds. The van der Waals surface area contributed by atoms with Crippen LogP contribution in [-0.2, 0) is 4.79 Å². The van der Waals surface area contributed by atoms with E-state index in [0.29, 0.717) is 18.8 Å². The van der Waals surface area contributed by atoms with Crippen LogP contribution in [0.15, 0.2) is 0 Å². The van der Waals surface area contributed by atoms with Crippen LogP contribution < -0.4 is 11.5 Å². The predicted molar refractivity (Wildman–Crippen MR) is 45.9 cm³/mol. The number of nitrogens with two attached hydrogens (primary N) is 2. The second-order valence-electron chi connectivity index (χ2n) is 3.47. The van der Waals surface area contributed by atoms with Gasteiger partial charge in [-0.3, -0.25) is 4.79 Å². The minimum Gasteiger partial charge on any atom is -0.368 e. The average Bonchev–Trinajstić information content (AvgIpc) is 1.86. The van der Waals surface area contributed by atoms with Crippen LogP contribution in [0.5, 0.6) is 0 Å². The Kier molecular flexibility index (Phi) is 3.52. The van der Waals surface area contributed by atoms with Crippen LogP contribution >= 0.6 is 0 Å². The summed E-state index contributed by atoms with van der Waals surface area (Å²) in [5.41, 5.74) is 10.1. The molecule has 0 aromatic rings. The number of primary amides is 1. The fraction of sp³-hybridized carbons (Fsp3) is 0.875. The molecule has 0 aliphatic carbocycles. The number of carbonyl (C=O) groups is 1. The van der Waals surface area contributed by atoms with E-state index in [1.807, 2.05) is 20.8 Å². The fourth-order valence-corrected chi connectivity index (χ4v) is 1.15. The van der Waals surface area contributed by atoms with Crippen LogP contribution in [0.25, 0.3) is 0 Å². The normalized spacial score (nSPS) is 16.5. The molecular weight excluding hydrogens is 140 g/mol. The quantitative estimate of drug-likeness (QED) is 0.630. The van der Waals surface area contributed by atoms with Crippen molar-refractivity contribution in [1.29, 1.82) is 0 Å². The molecule has 0 radical (unpaired) electrons. The molecule has 0 unspecified atom stereocenters. The van der Waals surface area contributed by atoms with E-state index in [-0.39, 0.29) is 0 Å². The number of rotatable bonds is 4. The first kappa shape index (κ1) is 10.4. The summed E-state index contributed by atoms with van der Waals surface area (Å²) in [6.45, 7) is 5.94. The van der Waals surface area contributed by atoms with Gasteiger partial charge in [-0.2, -0.15) is 0 Å². The van der Waals surface area contributed by atoms with Crippen molar-refractivity contribution in [2.75, 3.05) is 0 Å². The van der Waals surface area contributed by atoms with Gasteiger partial charge in [-0.25, -0.2) is 0 Å². The lowest BCUT2D eigenvalue weighted by Crippen LogP contribution is -2.52. The highest BCUT2D eigenvalue weighted by molar-refractivity contribution is 5.84. The molecule has 0 bridgehead atoms. The molecule has 0 aliphatic heterocycles. The maximum atomic E-state index is 10.9. The summed E-state index contributed by atoms with van der Waals surface area (Å²) in [7, 11) is 0. The molecule has 1 atom stereocenters. The van der Waals surface area contributed by atoms with Gasteiger partial charge in [0.25, 0.3) is 0 Å². The molecule has 0 saturated carbocycles. The number of amides is 1. The van der Waals surface area contributed by atoms with E-state index in [0.717, 1.165) is 0 Å². The largest absolute Gasteiger partial charge is 0.368 e. The Morgan fingerprint density at radius 1 is 1.55 bits per heavy atom. The molecule has 0 fully saturated rings. The molecule has 66 valence electrons. The van der Waals surface area contributed by atoms with Gasteiger partial charge in [-0.15, -0.1) is 0 Å². The van der Waals surface area contributed by atoms with Crippen LogP contribution in [0.1, 0.15) is 33.6 Å². The molecule has 0 saturated heterocycles. The highest BCUT2D eigenvalue weighted by Crippen LogP contribution is 2.16. The monoisotopic (exact) mass is 158 g/mol. The van der Waals surface area contributed by atoms with Crippen molar-refractivity contribution in [2.24, 2.45) is 17.4 Å². The summed E-state index contributed by atoms with van der Waals surface area (Å²) < 4.78 is 0. The molecule has 3 nitrogen and oxygen atoms in total. The third kappa shape index (κ3) is 2.89. The molecular formula is C8H18N2O. The van der Waals surface area contributed by atoms with E-state index in [2.05, 4.69) is 0 Å². The second kappa shape index (κ2) is 3.72. The van der Waals surface area contributed by atoms with Crippen molar-refractivity contribution in [3.8, 4) is 0 Å². The van der Waals surface area contributed by atoms with Crippen molar-refractivity contribution >= 4 is 5.91 Å². The third-order valence-corrected chi connectivity index (χ3v) is 1.89. The van der Waals surface area contributed by atoms with Gasteiger partial charge < -0.3 is 11.5 Å². The van der Waals surface area contributed by atoms with Crippen LogP contribution in [-0.4, -0.2) is 11.4 Å². The SMILES string of the molecule is CC[C@](N)(CC(C)C)C(N)=O. The first-order valence-corrected chi connectivity index (χ1v) is 4.01. The first-order chi connectivity index (χ1) is 4.92. The Morgan fingerprint density at radius 3 is 2.09 bits per heavy atom. The summed E-state index contributed by atoms with van der Waals surface area (Å²) in [6, 6.07) is 0. The second-order valence-corrected chi connectivity index (χ2v) is 3.47. The standard InChI is InChI=1S/C8H18N2O/c1-4-8(10,7(9)11)5-6(2)3/h6H,4-5,10H2,1-3H3,(H2,9,11)/t8-/m0/s1. The Morgan fingerprint density at radius 2 is 2.00 bits per heavy atom. The molecule has 0 aromatic carbocycles. The van der Waals surface area contributed by atoms with Crippen molar-refractivity contribution in [3.63, 3.8) is 0 Å². The van der Waals surface area contributed by atoms with Crippen molar-refractivity contribution in [3.05, 3.63) is 0 Å². The lowest BCUT2D eigenvalue weighted by atomic mass is 9.87. The zero-order valence-electron chi connectivity index (χ0n) is 7.55. The van der Waals surface area contributed by atoms with Gasteiger partial charge in [-0.05, 0) is 18.8 Å². The van der Waals surface area contributed by atoms with Gasteiger partial charge in [0.15, 0.2) is 0 Å². The molecule has 0 aromatic heterocycles. The molecule has 11 heavy (non-hydrogen) atoms. The zero-order chi connectivity index (χ0) is 9.07. The predicted octanol–water partition coefficient (Wildman–Crippen LogP) is 0.625. The summed E-state index contributed by atoms with van der Waals surface area (Å²) in [4.78, 5) is 10.9. The molecule has 0 spiro atoms. The van der Waals surface area contributed by atoms with Crippen molar-refractivity contribution < 1.29 is 4.79 Å². The van der Waals surface area contributed by atoms with Gasteiger partial charge in [0.1, 0.15) is 0 Å². The van der Waals surface area contributed by atoms with Crippen LogP contribution in [0.2, 0.25) is 0 Å². The lowest BCUT2D eigenvalue weighted by Gasteiger charge is -2.25. The minimum atomic E-state index is -0.797. The van der Waals surface area contributed by atoms with E-state index in [1.165, 1.54) is 0 Å². The van der Waals surface area contributed by atoms with Crippen molar-refractivity contribution in [1.82, 2.24) is 0 Å². The summed E-state index contributed by atoms with van der Waals surface area (Å²) >= 11 is 0. The number of hydrogen-bond donors (Lipinski definition) is 2. The van der Waals surface area contributed by atoms with Crippen molar-refractivity contribution in [2.45, 2.75) is 39.2 Å². The Bertz CT molecular complexity index is 145. The first-order valence-electron chi connectivity index (χ1n) is 4.01. The average molecular weight is 158 g/mol. The third-order valence-electron chi connectivity index (χ3n) is 1.89. The number of hydrogen-bond acceptors (Lipinski definition) is 2. The molecule has 0 heterocycles. The summed E-state index contributed by atoms with van der Waals surface area (Å²) in [5, 5.41) is 0. The smallest absolute Gasteiger partial charge is 0.237 e. The van der Waals surface area contributed by atoms with Crippen LogP contribution in [0, 0.1) is 5.92 Å². The highest BCUT2D eigenvalue weighted by atomic mass is 16.1. The van der Waals surface area contributed by atoms with Gasteiger partial charge in [0, 0.05) is 0 Å². The molecule has 3 heteroatoms. The van der Waals surface area contributed by atoms with Crippen LogP contribution in [0.3, 0.4) is 0 Å². The molecule has 0 rings (SSSR count). The molecule has 0 aliphatic rings. The molecule has 4 N–H and O–H groups in total. The van der Waals surface area contributed by atoms with E-state index in [4.69, 9.17) is 11.5 Å². The van der Waals surface area contributed by atoms with Gasteiger partial charge in [0.2, 0.25) is 5.91 Å². The minimum absolute atomic E-state index is 0.395. The van der Waals surface area contributed by atoms with E-state index < -0.39 is 11.4 Å². The number of carbonyl (C=O) groups excluding carboxylic acids is 1. The summed E-state index contributed by atoms with van der Waals surface area (Å²) in [6.07, 6.45) is 1.28. The Labute approximate surface area is 68.1 Å². The van der Waals surface area contributed by atoms with Gasteiger partial charge >= 0.3 is 0 Å². The van der Waals surface area contributed by atoms with Gasteiger partial charge in [0.05, 0.1) is 5.54 Å². The summed E-state index contributed by atoms with van der Waals surface area (Å²) in [5.74, 6) is 0.0150. The van der Waals surface area contributed by atoms with E-state index >= 15 is 0 Å². The fourth-order valence-electron chi connectivity index (χ4n) is 1.15.